The van der Waals surface area contributed by atoms with E-state index in [1.54, 1.807) is 4.57 Å². The van der Waals surface area contributed by atoms with Gasteiger partial charge in [-0.25, -0.2) is 4.98 Å². The summed E-state index contributed by atoms with van der Waals surface area (Å²) in [6.07, 6.45) is 2.57. The van der Waals surface area contributed by atoms with Gasteiger partial charge in [0.05, 0.1) is 19.0 Å². The van der Waals surface area contributed by atoms with Gasteiger partial charge in [-0.05, 0) is 6.42 Å². The Hall–Kier alpha value is -1.24. The average Bonchev–Trinajstić information content (AvgIpc) is 2.81. The molecule has 1 aliphatic rings. The average molecular weight is 331 g/mol. The van der Waals surface area contributed by atoms with Gasteiger partial charge in [0.15, 0.2) is 11.2 Å². The normalized spacial score (nSPS) is 26.2. The summed E-state index contributed by atoms with van der Waals surface area (Å²) in [5, 5.41) is 0. The Bertz CT molecular complexity index is 760. The molecule has 0 bridgehead atoms. The van der Waals surface area contributed by atoms with Gasteiger partial charge in [0.25, 0.3) is 5.56 Å². The molecular formula is C10H15N5O4P2. The molecule has 0 amide bonds. The Kier molecular flexibility index (Phi) is 3.86. The molecule has 0 aliphatic carbocycles. The number of aromatic amines is 1. The van der Waals surface area contributed by atoms with Crippen molar-refractivity contribution in [3.63, 3.8) is 0 Å². The summed E-state index contributed by atoms with van der Waals surface area (Å²) in [5.74, 6) is 0.0316. The van der Waals surface area contributed by atoms with E-state index in [-0.39, 0.29) is 29.9 Å². The van der Waals surface area contributed by atoms with E-state index >= 15 is 0 Å². The number of fused-ring (bicyclic) bond motifs is 1. The monoisotopic (exact) mass is 331 g/mol. The first kappa shape index (κ1) is 14.7. The van der Waals surface area contributed by atoms with Crippen LogP contribution in [0.3, 0.4) is 0 Å². The number of aromatic nitrogens is 4. The van der Waals surface area contributed by atoms with Crippen LogP contribution in [0.25, 0.3) is 11.2 Å². The number of nitrogens with one attached hydrogen (secondary N) is 1. The minimum absolute atomic E-state index is 0.0316. The molecule has 2 aromatic rings. The van der Waals surface area contributed by atoms with Crippen molar-refractivity contribution in [2.24, 2.45) is 0 Å². The van der Waals surface area contributed by atoms with E-state index in [0.717, 1.165) is 0 Å². The maximum absolute atomic E-state index is 11.6. The molecule has 3 heterocycles. The summed E-state index contributed by atoms with van der Waals surface area (Å²) in [5.41, 5.74) is 5.73. The molecular weight excluding hydrogens is 316 g/mol. The van der Waals surface area contributed by atoms with Crippen molar-refractivity contribution in [1.82, 2.24) is 19.5 Å². The Morgan fingerprint density at radius 1 is 1.71 bits per heavy atom. The maximum atomic E-state index is 11.6. The van der Waals surface area contributed by atoms with Gasteiger partial charge in [-0.2, -0.15) is 4.98 Å². The quantitative estimate of drug-likeness (QED) is 0.693. The van der Waals surface area contributed by atoms with E-state index in [4.69, 9.17) is 15.0 Å². The lowest BCUT2D eigenvalue weighted by atomic mass is 10.3. The highest BCUT2D eigenvalue weighted by molar-refractivity contribution is 7.92. The van der Waals surface area contributed by atoms with Crippen LogP contribution in [-0.2, 0) is 16.0 Å². The van der Waals surface area contributed by atoms with Crippen LogP contribution in [0.2, 0.25) is 0 Å². The molecule has 1 aliphatic heterocycles. The van der Waals surface area contributed by atoms with Crippen LogP contribution >= 0.6 is 15.5 Å². The van der Waals surface area contributed by atoms with Crippen LogP contribution in [0.15, 0.2) is 11.1 Å². The topological polar surface area (TPSA) is 128 Å². The molecule has 0 spiro atoms. The predicted molar refractivity (Wildman–Crippen MR) is 80.3 cm³/mol. The number of nitrogen functional groups attached to an aromatic ring is 1. The van der Waals surface area contributed by atoms with Crippen molar-refractivity contribution in [1.29, 1.82) is 0 Å². The van der Waals surface area contributed by atoms with Crippen LogP contribution in [0.1, 0.15) is 6.42 Å². The van der Waals surface area contributed by atoms with E-state index in [1.165, 1.54) is 6.33 Å². The zero-order valence-electron chi connectivity index (χ0n) is 11.0. The van der Waals surface area contributed by atoms with Gasteiger partial charge in [0.2, 0.25) is 5.95 Å². The van der Waals surface area contributed by atoms with Gasteiger partial charge in [0.1, 0.15) is 13.7 Å². The largest absolute Gasteiger partial charge is 0.369 e. The number of ether oxygens (including phenoxy) is 1. The van der Waals surface area contributed by atoms with Crippen LogP contribution < -0.4 is 11.3 Å². The second kappa shape index (κ2) is 5.51. The summed E-state index contributed by atoms with van der Waals surface area (Å²) in [6.45, 7) is 0.496. The summed E-state index contributed by atoms with van der Waals surface area (Å²) >= 11 is 0. The Morgan fingerprint density at radius 2 is 2.52 bits per heavy atom. The van der Waals surface area contributed by atoms with Crippen molar-refractivity contribution >= 4 is 32.6 Å². The van der Waals surface area contributed by atoms with Gasteiger partial charge in [0, 0.05) is 6.16 Å². The number of nitrogens with zero attached hydrogens (tertiary/aromatic N) is 3. The Morgan fingerprint density at radius 3 is 3.24 bits per heavy atom. The molecule has 1 saturated heterocycles. The van der Waals surface area contributed by atoms with E-state index in [9.17, 15) is 9.69 Å². The van der Waals surface area contributed by atoms with Crippen LogP contribution in [0, 0.1) is 0 Å². The Labute approximate surface area is 121 Å². The van der Waals surface area contributed by atoms with E-state index in [0.29, 0.717) is 24.8 Å². The van der Waals surface area contributed by atoms with Crippen molar-refractivity contribution in [3.05, 3.63) is 16.7 Å². The smallest absolute Gasteiger partial charge is 0.280 e. The molecule has 4 N–H and O–H groups in total. The molecule has 21 heavy (non-hydrogen) atoms. The SMILES string of the molecule is Nc1nc2c(ncn2COC2CCP(O)(=P)OC2)c(=O)[nH]1. The lowest BCUT2D eigenvalue weighted by molar-refractivity contribution is -0.0248. The minimum Gasteiger partial charge on any atom is -0.369 e. The highest BCUT2D eigenvalue weighted by atomic mass is 31.8. The van der Waals surface area contributed by atoms with Gasteiger partial charge in [-0.15, -0.1) is 0 Å². The highest BCUT2D eigenvalue weighted by Gasteiger charge is 2.24. The van der Waals surface area contributed by atoms with Gasteiger partial charge < -0.3 is 19.9 Å². The van der Waals surface area contributed by atoms with Gasteiger partial charge in [-0.3, -0.25) is 14.3 Å². The molecule has 2 unspecified atom stereocenters. The second-order valence-corrected chi connectivity index (χ2v) is 8.97. The Balaban J connectivity index is 1.72. The summed E-state index contributed by atoms with van der Waals surface area (Å²) in [4.78, 5) is 31.8. The molecule has 11 heteroatoms. The first-order valence-corrected chi connectivity index (χ1v) is 9.46. The molecule has 9 nitrogen and oxygen atoms in total. The van der Waals surface area contributed by atoms with E-state index < -0.39 is 7.00 Å². The molecule has 2 atom stereocenters. The summed E-state index contributed by atoms with van der Waals surface area (Å²) in [7, 11) is 0.845. The molecule has 1 fully saturated rings. The maximum Gasteiger partial charge on any atom is 0.280 e. The zero-order chi connectivity index (χ0) is 15.0. The molecule has 114 valence electrons. The summed E-state index contributed by atoms with van der Waals surface area (Å²) < 4.78 is 12.6. The highest BCUT2D eigenvalue weighted by Crippen LogP contribution is 2.51. The van der Waals surface area contributed by atoms with Crippen molar-refractivity contribution in [2.45, 2.75) is 19.3 Å². The lowest BCUT2D eigenvalue weighted by Crippen LogP contribution is -2.26. The van der Waals surface area contributed by atoms with Gasteiger partial charge in [-0.1, -0.05) is 8.53 Å². The van der Waals surface area contributed by atoms with E-state index in [2.05, 4.69) is 23.5 Å². The third-order valence-corrected chi connectivity index (χ3v) is 5.67. The van der Waals surface area contributed by atoms with Crippen molar-refractivity contribution in [3.8, 4) is 0 Å². The van der Waals surface area contributed by atoms with Crippen molar-refractivity contribution in [2.75, 3.05) is 18.5 Å². The van der Waals surface area contributed by atoms with Crippen LogP contribution in [0.4, 0.5) is 5.95 Å². The minimum atomic E-state index is -2.38. The fraction of sp³-hybridized carbons (Fsp3) is 0.500. The lowest BCUT2D eigenvalue weighted by Gasteiger charge is -2.28. The number of nitrogens with two attached hydrogens (primary N) is 1. The third-order valence-electron chi connectivity index (χ3n) is 3.17. The number of rotatable bonds is 3. The number of hydrogen-bond acceptors (Lipinski definition) is 6. The zero-order valence-corrected chi connectivity index (χ0v) is 12.9. The molecule has 0 aromatic carbocycles. The van der Waals surface area contributed by atoms with Crippen molar-refractivity contribution < 1.29 is 14.2 Å². The van der Waals surface area contributed by atoms with Gasteiger partial charge >= 0.3 is 0 Å². The number of imidazole rings is 1. The first-order valence-electron chi connectivity index (χ1n) is 6.27. The number of H-pyrrole nitrogens is 1. The first-order chi connectivity index (χ1) is 9.94. The van der Waals surface area contributed by atoms with Crippen LogP contribution in [0.5, 0.6) is 0 Å². The predicted octanol–water partition coefficient (Wildman–Crippen LogP) is 0.362. The number of anilines is 1. The fourth-order valence-corrected chi connectivity index (χ4v) is 3.85. The van der Waals surface area contributed by atoms with Crippen LogP contribution in [-0.4, -0.2) is 43.3 Å². The molecule has 2 aromatic heterocycles. The standard InChI is InChI=1S/C10H15N5O4P2/c11-10-13-8-7(9(16)14-10)12-4-15(8)5-18-6-1-2-21(17,20)19-3-6/h4,6,17,20H,1-3,5H2,(H3,11,13,14,16). The fourth-order valence-electron chi connectivity index (χ4n) is 2.06. The molecule has 0 saturated carbocycles. The third kappa shape index (κ3) is 3.17. The number of hydrogen-bond donors (Lipinski definition) is 3. The summed E-state index contributed by atoms with van der Waals surface area (Å²) in [6, 6.07) is 0. The molecule has 0 radical (unpaired) electrons. The second-order valence-electron chi connectivity index (χ2n) is 4.77. The van der Waals surface area contributed by atoms with E-state index in [1.807, 2.05) is 0 Å². The molecule has 3 rings (SSSR count).